The van der Waals surface area contributed by atoms with Gasteiger partial charge in [-0.2, -0.15) is 0 Å². The van der Waals surface area contributed by atoms with Crippen molar-refractivity contribution in [3.8, 4) is 0 Å². The molecule has 0 aliphatic carbocycles. The van der Waals surface area contributed by atoms with Crippen molar-refractivity contribution in [2.24, 2.45) is 10.9 Å². The van der Waals surface area contributed by atoms with Gasteiger partial charge in [0.1, 0.15) is 6.54 Å². The number of piperazine rings is 1. The van der Waals surface area contributed by atoms with E-state index in [1.54, 1.807) is 14.1 Å². The number of nitrogens with zero attached hydrogens (tertiary/aromatic N) is 4. The van der Waals surface area contributed by atoms with E-state index < -0.39 is 0 Å². The second kappa shape index (κ2) is 10.3. The molecule has 26 heavy (non-hydrogen) atoms. The van der Waals surface area contributed by atoms with Gasteiger partial charge in [-0.15, -0.1) is 24.0 Å². The van der Waals surface area contributed by atoms with Gasteiger partial charge in [-0.25, -0.2) is 4.99 Å². The molecule has 0 unspecified atom stereocenters. The third kappa shape index (κ3) is 6.92. The predicted molar refractivity (Wildman–Crippen MR) is 117 cm³/mol. The van der Waals surface area contributed by atoms with Crippen molar-refractivity contribution in [3.05, 3.63) is 0 Å². The molecular formula is C18H36IN5O2. The molecule has 0 aromatic heterocycles. The lowest BCUT2D eigenvalue weighted by atomic mass is 9.96. The number of rotatable bonds is 5. The number of aliphatic imine (C=N–C) groups is 1. The zero-order valence-electron chi connectivity index (χ0n) is 17.5. The Kier molecular flexibility index (Phi) is 9.90. The Morgan fingerprint density at radius 2 is 1.85 bits per heavy atom. The van der Waals surface area contributed by atoms with E-state index in [1.807, 2.05) is 23.6 Å². The molecule has 0 saturated carbocycles. The number of hydrogen-bond donors (Lipinski definition) is 1. The highest BCUT2D eigenvalue weighted by molar-refractivity contribution is 14.0. The van der Waals surface area contributed by atoms with Crippen LogP contribution in [0.2, 0.25) is 0 Å². The number of carbonyl (C=O) groups is 2. The van der Waals surface area contributed by atoms with Gasteiger partial charge in [0, 0.05) is 33.2 Å². The Morgan fingerprint density at radius 3 is 2.27 bits per heavy atom. The van der Waals surface area contributed by atoms with Gasteiger partial charge < -0.3 is 20.0 Å². The standard InChI is InChI=1S/C18H35N5O2.HI/c1-13(2)9-19-17(20-10-15(24)21(7)8)22-11-16(25)23(14(3)4)18(5,6)12-22;/h13-14H,9-12H2,1-8H3,(H,19,20);1H. The van der Waals surface area contributed by atoms with Gasteiger partial charge in [0.25, 0.3) is 0 Å². The monoisotopic (exact) mass is 481 g/mol. The Hall–Kier alpha value is -1.06. The van der Waals surface area contributed by atoms with Crippen LogP contribution in [0, 0.1) is 5.92 Å². The Morgan fingerprint density at radius 1 is 1.27 bits per heavy atom. The molecule has 1 fully saturated rings. The normalized spacial score (nSPS) is 17.5. The molecule has 2 amide bonds. The fourth-order valence-electron chi connectivity index (χ4n) is 3.16. The Bertz CT molecular complexity index is 518. The van der Waals surface area contributed by atoms with Crippen LogP contribution in [0.4, 0.5) is 0 Å². The van der Waals surface area contributed by atoms with Crippen LogP contribution in [0.15, 0.2) is 4.99 Å². The Balaban J connectivity index is 0.00000625. The Labute approximate surface area is 175 Å². The molecule has 7 nitrogen and oxygen atoms in total. The number of carbonyl (C=O) groups excluding carboxylic acids is 2. The van der Waals surface area contributed by atoms with Gasteiger partial charge >= 0.3 is 0 Å². The van der Waals surface area contributed by atoms with Gasteiger partial charge in [-0.1, -0.05) is 13.8 Å². The molecule has 1 N–H and O–H groups in total. The lowest BCUT2D eigenvalue weighted by molar-refractivity contribution is -0.145. The van der Waals surface area contributed by atoms with Gasteiger partial charge in [0.15, 0.2) is 5.96 Å². The number of amides is 2. The molecule has 8 heteroatoms. The average Bonchev–Trinajstić information content (AvgIpc) is 2.43. The summed E-state index contributed by atoms with van der Waals surface area (Å²) in [5, 5.41) is 3.32. The van der Waals surface area contributed by atoms with Crippen LogP contribution in [-0.4, -0.2) is 84.3 Å². The van der Waals surface area contributed by atoms with E-state index in [1.165, 1.54) is 4.90 Å². The van der Waals surface area contributed by atoms with Crippen molar-refractivity contribution in [3.63, 3.8) is 0 Å². The maximum Gasteiger partial charge on any atom is 0.243 e. The fourth-order valence-corrected chi connectivity index (χ4v) is 3.16. The van der Waals surface area contributed by atoms with Gasteiger partial charge in [0.05, 0.1) is 12.1 Å². The molecular weight excluding hydrogens is 445 g/mol. The van der Waals surface area contributed by atoms with E-state index in [9.17, 15) is 9.59 Å². The van der Waals surface area contributed by atoms with Crippen LogP contribution in [0.5, 0.6) is 0 Å². The molecule has 0 radical (unpaired) electrons. The lowest BCUT2D eigenvalue weighted by Gasteiger charge is -2.49. The molecule has 1 aliphatic heterocycles. The largest absolute Gasteiger partial charge is 0.356 e. The summed E-state index contributed by atoms with van der Waals surface area (Å²) < 4.78 is 0. The highest BCUT2D eigenvalue weighted by Gasteiger charge is 2.40. The summed E-state index contributed by atoms with van der Waals surface area (Å²) >= 11 is 0. The van der Waals surface area contributed by atoms with E-state index in [0.29, 0.717) is 18.4 Å². The van der Waals surface area contributed by atoms with Gasteiger partial charge in [-0.3, -0.25) is 9.59 Å². The highest BCUT2D eigenvalue weighted by Crippen LogP contribution is 2.24. The molecule has 0 spiro atoms. The minimum atomic E-state index is -0.296. The highest BCUT2D eigenvalue weighted by atomic mass is 127. The first-order chi connectivity index (χ1) is 11.5. The second-order valence-corrected chi connectivity index (χ2v) is 8.23. The molecule has 1 heterocycles. The summed E-state index contributed by atoms with van der Waals surface area (Å²) in [6, 6.07) is 0.156. The van der Waals surface area contributed by atoms with Crippen molar-refractivity contribution < 1.29 is 9.59 Å². The molecule has 0 aromatic rings. The quantitative estimate of drug-likeness (QED) is 0.368. The number of likely N-dealkylation sites (N-methyl/N-ethyl adjacent to an activating group) is 1. The average molecular weight is 481 g/mol. The van der Waals surface area contributed by atoms with Crippen LogP contribution in [0.25, 0.3) is 0 Å². The summed E-state index contributed by atoms with van der Waals surface area (Å²) in [6.07, 6.45) is 0. The van der Waals surface area contributed by atoms with E-state index >= 15 is 0 Å². The third-order valence-corrected chi connectivity index (χ3v) is 4.17. The number of halogens is 1. The van der Waals surface area contributed by atoms with Gasteiger partial charge in [0.2, 0.25) is 11.8 Å². The zero-order valence-corrected chi connectivity index (χ0v) is 19.8. The lowest BCUT2D eigenvalue weighted by Crippen LogP contribution is -2.66. The molecule has 1 rings (SSSR count). The van der Waals surface area contributed by atoms with Crippen LogP contribution in [0.1, 0.15) is 41.5 Å². The van der Waals surface area contributed by atoms with Crippen LogP contribution in [0.3, 0.4) is 0 Å². The maximum absolute atomic E-state index is 12.7. The van der Waals surface area contributed by atoms with Gasteiger partial charge in [-0.05, 0) is 33.6 Å². The SMILES string of the molecule is CC(C)CNC(=NCC(=O)N(C)C)N1CC(=O)N(C(C)C)C(C)(C)C1.I. The minimum Gasteiger partial charge on any atom is -0.356 e. The summed E-state index contributed by atoms with van der Waals surface area (Å²) in [6.45, 7) is 14.2. The van der Waals surface area contributed by atoms with Crippen molar-refractivity contribution in [1.82, 2.24) is 20.0 Å². The van der Waals surface area contributed by atoms with E-state index in [-0.39, 0.29) is 60.5 Å². The molecule has 0 atom stereocenters. The van der Waals surface area contributed by atoms with Crippen molar-refractivity contribution >= 4 is 41.8 Å². The van der Waals surface area contributed by atoms with Crippen LogP contribution in [-0.2, 0) is 9.59 Å². The zero-order chi connectivity index (χ0) is 19.4. The maximum atomic E-state index is 12.7. The first-order valence-electron chi connectivity index (χ1n) is 9.01. The number of hydrogen-bond acceptors (Lipinski definition) is 3. The molecule has 0 aromatic carbocycles. The first-order valence-corrected chi connectivity index (χ1v) is 9.01. The van der Waals surface area contributed by atoms with E-state index in [2.05, 4.69) is 38.0 Å². The van der Waals surface area contributed by atoms with E-state index in [0.717, 1.165) is 6.54 Å². The van der Waals surface area contributed by atoms with Crippen LogP contribution >= 0.6 is 24.0 Å². The molecule has 0 bridgehead atoms. The summed E-state index contributed by atoms with van der Waals surface area (Å²) in [7, 11) is 3.43. The number of nitrogens with one attached hydrogen (secondary N) is 1. The van der Waals surface area contributed by atoms with Crippen molar-refractivity contribution in [2.45, 2.75) is 53.1 Å². The number of guanidine groups is 1. The summed E-state index contributed by atoms with van der Waals surface area (Å²) in [4.78, 5) is 34.5. The first kappa shape index (κ1) is 24.9. The molecule has 1 aliphatic rings. The van der Waals surface area contributed by atoms with Crippen molar-refractivity contribution in [2.75, 3.05) is 40.3 Å². The van der Waals surface area contributed by atoms with Crippen molar-refractivity contribution in [1.29, 1.82) is 0 Å². The third-order valence-electron chi connectivity index (χ3n) is 4.17. The molecule has 1 saturated heterocycles. The topological polar surface area (TPSA) is 68.2 Å². The molecule has 152 valence electrons. The summed E-state index contributed by atoms with van der Waals surface area (Å²) in [5.41, 5.74) is -0.296. The predicted octanol–water partition coefficient (Wildman–Crippen LogP) is 1.63. The minimum absolute atomic E-state index is 0. The fraction of sp³-hybridized carbons (Fsp3) is 0.833. The smallest absolute Gasteiger partial charge is 0.243 e. The van der Waals surface area contributed by atoms with E-state index in [4.69, 9.17) is 0 Å². The van der Waals surface area contributed by atoms with Crippen LogP contribution < -0.4 is 5.32 Å². The second-order valence-electron chi connectivity index (χ2n) is 8.23. The summed E-state index contributed by atoms with van der Waals surface area (Å²) in [5.74, 6) is 1.10.